The molecule has 1 aromatic heterocycles. The van der Waals surface area contributed by atoms with Crippen LogP contribution in [-0.4, -0.2) is 34.3 Å². The normalized spacial score (nSPS) is 16.6. The van der Waals surface area contributed by atoms with Crippen molar-refractivity contribution in [3.05, 3.63) is 48.2 Å². The molecule has 1 fully saturated rings. The van der Waals surface area contributed by atoms with E-state index in [1.807, 2.05) is 31.2 Å². The molecule has 1 atom stereocenters. The minimum Gasteiger partial charge on any atom is -0.439 e. The second kappa shape index (κ2) is 7.34. The van der Waals surface area contributed by atoms with Crippen LogP contribution in [0.15, 0.2) is 42.6 Å². The van der Waals surface area contributed by atoms with Crippen LogP contribution in [0.3, 0.4) is 0 Å². The number of nitrogens with one attached hydrogen (secondary N) is 1. The molecule has 1 aliphatic rings. The molecule has 1 saturated heterocycles. The van der Waals surface area contributed by atoms with Crippen molar-refractivity contribution in [2.45, 2.75) is 32.7 Å². The molecule has 6 nitrogen and oxygen atoms in total. The standard InChI is InChI=1S/C19H21N3O3/c1-13-5-8-16(9-6-13)25-18-10-7-15(12-20-18)21-19(24)17-4-3-11-22(17)14(2)23/h5-10,12,17H,3-4,11H2,1-2H3,(H,21,24)/t17-/m1/s1. The number of anilines is 1. The molecule has 2 heterocycles. The van der Waals surface area contributed by atoms with E-state index in [1.54, 1.807) is 23.2 Å². The second-order valence-electron chi connectivity index (χ2n) is 6.16. The molecule has 0 radical (unpaired) electrons. The van der Waals surface area contributed by atoms with E-state index in [-0.39, 0.29) is 11.8 Å². The third-order valence-corrected chi connectivity index (χ3v) is 4.21. The van der Waals surface area contributed by atoms with E-state index in [0.717, 1.165) is 12.0 Å². The first-order valence-corrected chi connectivity index (χ1v) is 8.31. The molecule has 3 rings (SSSR count). The lowest BCUT2D eigenvalue weighted by Crippen LogP contribution is -2.42. The van der Waals surface area contributed by atoms with E-state index < -0.39 is 6.04 Å². The minimum atomic E-state index is -0.402. The number of pyridine rings is 1. The smallest absolute Gasteiger partial charge is 0.247 e. The molecule has 25 heavy (non-hydrogen) atoms. The van der Waals surface area contributed by atoms with E-state index in [9.17, 15) is 9.59 Å². The molecule has 0 spiro atoms. The molecular weight excluding hydrogens is 318 g/mol. The Bertz CT molecular complexity index is 756. The predicted octanol–water partition coefficient (Wildman–Crippen LogP) is 3.13. The van der Waals surface area contributed by atoms with Crippen molar-refractivity contribution >= 4 is 17.5 Å². The van der Waals surface area contributed by atoms with Gasteiger partial charge in [0.15, 0.2) is 0 Å². The van der Waals surface area contributed by atoms with Crippen LogP contribution in [0.1, 0.15) is 25.3 Å². The number of rotatable bonds is 4. The summed E-state index contributed by atoms with van der Waals surface area (Å²) < 4.78 is 5.66. The zero-order chi connectivity index (χ0) is 17.8. The number of carbonyl (C=O) groups is 2. The van der Waals surface area contributed by atoms with Gasteiger partial charge in [0, 0.05) is 19.5 Å². The van der Waals surface area contributed by atoms with Crippen LogP contribution in [0.2, 0.25) is 0 Å². The fraction of sp³-hybridized carbons (Fsp3) is 0.316. The van der Waals surface area contributed by atoms with Gasteiger partial charge in [-0.1, -0.05) is 17.7 Å². The van der Waals surface area contributed by atoms with Gasteiger partial charge in [-0.3, -0.25) is 9.59 Å². The molecule has 0 unspecified atom stereocenters. The molecular formula is C19H21N3O3. The largest absolute Gasteiger partial charge is 0.439 e. The van der Waals surface area contributed by atoms with Gasteiger partial charge in [-0.25, -0.2) is 4.98 Å². The zero-order valence-electron chi connectivity index (χ0n) is 14.4. The van der Waals surface area contributed by atoms with Crippen molar-refractivity contribution < 1.29 is 14.3 Å². The van der Waals surface area contributed by atoms with Crippen LogP contribution in [0.4, 0.5) is 5.69 Å². The monoisotopic (exact) mass is 339 g/mol. The number of benzene rings is 1. The highest BCUT2D eigenvalue weighted by molar-refractivity contribution is 5.97. The maximum Gasteiger partial charge on any atom is 0.247 e. The summed E-state index contributed by atoms with van der Waals surface area (Å²) in [6.45, 7) is 4.14. The Morgan fingerprint density at radius 3 is 2.60 bits per heavy atom. The van der Waals surface area contributed by atoms with Crippen molar-refractivity contribution in [3.8, 4) is 11.6 Å². The Kier molecular flexibility index (Phi) is 4.97. The van der Waals surface area contributed by atoms with Gasteiger partial charge in [0.1, 0.15) is 11.8 Å². The van der Waals surface area contributed by atoms with E-state index in [2.05, 4.69) is 10.3 Å². The minimum absolute atomic E-state index is 0.0716. The first-order valence-electron chi connectivity index (χ1n) is 8.31. The number of hydrogen-bond acceptors (Lipinski definition) is 4. The molecule has 1 aliphatic heterocycles. The van der Waals surface area contributed by atoms with Gasteiger partial charge in [-0.05, 0) is 38.0 Å². The lowest BCUT2D eigenvalue weighted by molar-refractivity contribution is -0.134. The molecule has 6 heteroatoms. The number of nitrogens with zero attached hydrogens (tertiary/aromatic N) is 2. The van der Waals surface area contributed by atoms with Crippen molar-refractivity contribution in [3.63, 3.8) is 0 Å². The van der Waals surface area contributed by atoms with Gasteiger partial charge in [0.25, 0.3) is 0 Å². The van der Waals surface area contributed by atoms with Gasteiger partial charge < -0.3 is 15.0 Å². The summed E-state index contributed by atoms with van der Waals surface area (Å²) in [6, 6.07) is 10.7. The summed E-state index contributed by atoms with van der Waals surface area (Å²) in [7, 11) is 0. The van der Waals surface area contributed by atoms with Crippen molar-refractivity contribution in [1.82, 2.24) is 9.88 Å². The number of ether oxygens (including phenoxy) is 1. The van der Waals surface area contributed by atoms with Crippen LogP contribution in [0.25, 0.3) is 0 Å². The predicted molar refractivity (Wildman–Crippen MR) is 94.5 cm³/mol. The summed E-state index contributed by atoms with van der Waals surface area (Å²) in [4.78, 5) is 29.8. The molecule has 0 saturated carbocycles. The molecule has 2 amide bonds. The first-order chi connectivity index (χ1) is 12.0. The molecule has 2 aromatic rings. The van der Waals surface area contributed by atoms with Crippen LogP contribution in [0, 0.1) is 6.92 Å². The number of carbonyl (C=O) groups excluding carboxylic acids is 2. The Morgan fingerprint density at radius 2 is 1.96 bits per heavy atom. The Morgan fingerprint density at radius 1 is 1.20 bits per heavy atom. The number of aryl methyl sites for hydroxylation is 1. The average molecular weight is 339 g/mol. The molecule has 130 valence electrons. The number of likely N-dealkylation sites (tertiary alicyclic amines) is 1. The Hall–Kier alpha value is -2.89. The maximum absolute atomic E-state index is 12.4. The van der Waals surface area contributed by atoms with Crippen LogP contribution in [0.5, 0.6) is 11.6 Å². The second-order valence-corrected chi connectivity index (χ2v) is 6.16. The highest BCUT2D eigenvalue weighted by Crippen LogP contribution is 2.22. The van der Waals surface area contributed by atoms with Crippen molar-refractivity contribution in [2.75, 3.05) is 11.9 Å². The summed E-state index contributed by atoms with van der Waals surface area (Å²) in [5.41, 5.74) is 1.74. The molecule has 0 aliphatic carbocycles. The first kappa shape index (κ1) is 17.0. The van der Waals surface area contributed by atoms with Gasteiger partial charge in [-0.2, -0.15) is 0 Å². The molecule has 0 bridgehead atoms. The topological polar surface area (TPSA) is 71.5 Å². The number of hydrogen-bond donors (Lipinski definition) is 1. The van der Waals surface area contributed by atoms with Crippen LogP contribution >= 0.6 is 0 Å². The quantitative estimate of drug-likeness (QED) is 0.929. The Balaban J connectivity index is 1.61. The van der Waals surface area contributed by atoms with Crippen LogP contribution in [-0.2, 0) is 9.59 Å². The fourth-order valence-corrected chi connectivity index (χ4v) is 2.88. The lowest BCUT2D eigenvalue weighted by atomic mass is 10.2. The van der Waals surface area contributed by atoms with Gasteiger partial charge in [0.2, 0.25) is 17.7 Å². The van der Waals surface area contributed by atoms with E-state index in [4.69, 9.17) is 4.74 Å². The van der Waals surface area contributed by atoms with E-state index in [1.165, 1.54) is 6.92 Å². The van der Waals surface area contributed by atoms with E-state index >= 15 is 0 Å². The van der Waals surface area contributed by atoms with E-state index in [0.29, 0.717) is 30.3 Å². The SMILES string of the molecule is CC(=O)N1CCC[C@@H]1C(=O)Nc1ccc(Oc2ccc(C)cc2)nc1. The van der Waals surface area contributed by atoms with Gasteiger partial charge in [-0.15, -0.1) is 0 Å². The fourth-order valence-electron chi connectivity index (χ4n) is 2.88. The van der Waals surface area contributed by atoms with Gasteiger partial charge >= 0.3 is 0 Å². The third kappa shape index (κ3) is 4.15. The average Bonchev–Trinajstić information content (AvgIpc) is 3.09. The highest BCUT2D eigenvalue weighted by atomic mass is 16.5. The summed E-state index contributed by atoms with van der Waals surface area (Å²) in [5, 5.41) is 2.82. The highest BCUT2D eigenvalue weighted by Gasteiger charge is 2.32. The lowest BCUT2D eigenvalue weighted by Gasteiger charge is -2.22. The van der Waals surface area contributed by atoms with Crippen molar-refractivity contribution in [2.24, 2.45) is 0 Å². The summed E-state index contributed by atoms with van der Waals surface area (Å²) in [6.07, 6.45) is 3.08. The third-order valence-electron chi connectivity index (χ3n) is 4.21. The van der Waals surface area contributed by atoms with Gasteiger partial charge in [0.05, 0.1) is 11.9 Å². The summed E-state index contributed by atoms with van der Waals surface area (Å²) >= 11 is 0. The van der Waals surface area contributed by atoms with Crippen LogP contribution < -0.4 is 10.1 Å². The zero-order valence-corrected chi connectivity index (χ0v) is 14.4. The number of aromatic nitrogens is 1. The van der Waals surface area contributed by atoms with Crippen molar-refractivity contribution in [1.29, 1.82) is 0 Å². The molecule has 1 aromatic carbocycles. The molecule has 1 N–H and O–H groups in total. The Labute approximate surface area is 146 Å². The maximum atomic E-state index is 12.4. The summed E-state index contributed by atoms with van der Waals surface area (Å²) in [5.74, 6) is 0.908. The number of amides is 2.